The average molecular weight is 360 g/mol. The second kappa shape index (κ2) is 8.27. The Balaban J connectivity index is 1.57. The molecule has 1 fully saturated rings. The van der Waals surface area contributed by atoms with Crippen LogP contribution in [0.1, 0.15) is 22.3 Å². The Kier molecular flexibility index (Phi) is 5.83. The molecule has 6 heteroatoms. The third-order valence-electron chi connectivity index (χ3n) is 4.71. The third kappa shape index (κ3) is 4.38. The number of hydrogen-bond donors (Lipinski definition) is 1. The number of nitrogens with zero attached hydrogens (tertiary/aromatic N) is 2. The van der Waals surface area contributed by atoms with Crippen LogP contribution >= 0.6 is 0 Å². The fourth-order valence-corrected chi connectivity index (χ4v) is 3.21. The predicted octanol–water partition coefficient (Wildman–Crippen LogP) is 3.06. The first kappa shape index (κ1) is 18.3. The van der Waals surface area contributed by atoms with E-state index in [4.69, 9.17) is 0 Å². The highest BCUT2D eigenvalue weighted by Crippen LogP contribution is 2.17. The number of hydrogen-bond acceptors (Lipinski definition) is 3. The Bertz CT molecular complexity index is 745. The molecule has 0 saturated carbocycles. The summed E-state index contributed by atoms with van der Waals surface area (Å²) < 4.78 is 27.7. The van der Waals surface area contributed by atoms with Gasteiger partial charge in [0.15, 0.2) is 0 Å². The summed E-state index contributed by atoms with van der Waals surface area (Å²) in [5.41, 5.74) is 0.665. The zero-order valence-corrected chi connectivity index (χ0v) is 14.5. The highest BCUT2D eigenvalue weighted by molar-refractivity contribution is 5.94. The van der Waals surface area contributed by atoms with Gasteiger partial charge >= 0.3 is 0 Å². The lowest BCUT2D eigenvalue weighted by molar-refractivity contribution is 0.0751. The molecule has 1 aliphatic rings. The summed E-state index contributed by atoms with van der Waals surface area (Å²) in [4.78, 5) is 16.3. The van der Waals surface area contributed by atoms with E-state index in [-0.39, 0.29) is 5.75 Å². The van der Waals surface area contributed by atoms with Gasteiger partial charge in [0, 0.05) is 26.2 Å². The quantitative estimate of drug-likeness (QED) is 0.911. The van der Waals surface area contributed by atoms with E-state index >= 15 is 0 Å². The summed E-state index contributed by atoms with van der Waals surface area (Å²) in [6.45, 7) is 3.27. The fraction of sp³-hybridized carbons (Fsp3) is 0.350. The van der Waals surface area contributed by atoms with Crippen LogP contribution in [0.15, 0.2) is 42.5 Å². The molecule has 1 heterocycles. The van der Waals surface area contributed by atoms with Crippen molar-refractivity contribution in [2.75, 3.05) is 32.7 Å². The summed E-state index contributed by atoms with van der Waals surface area (Å²) >= 11 is 0. The molecule has 0 radical (unpaired) electrons. The van der Waals surface area contributed by atoms with Gasteiger partial charge in [-0.15, -0.1) is 0 Å². The van der Waals surface area contributed by atoms with Crippen molar-refractivity contribution in [3.8, 4) is 5.75 Å². The van der Waals surface area contributed by atoms with Crippen LogP contribution in [0.3, 0.4) is 0 Å². The summed E-state index contributed by atoms with van der Waals surface area (Å²) in [7, 11) is 0. The number of carbonyl (C=O) groups is 1. The molecule has 4 nitrogen and oxygen atoms in total. The molecule has 2 aromatic carbocycles. The van der Waals surface area contributed by atoms with Gasteiger partial charge in [0.2, 0.25) is 0 Å². The van der Waals surface area contributed by atoms with Crippen molar-refractivity contribution in [1.29, 1.82) is 0 Å². The van der Waals surface area contributed by atoms with Crippen molar-refractivity contribution >= 4 is 5.91 Å². The Labute approximate surface area is 151 Å². The minimum absolute atomic E-state index is 0.248. The third-order valence-corrected chi connectivity index (χ3v) is 4.71. The first-order chi connectivity index (χ1) is 12.5. The molecule has 1 N–H and O–H groups in total. The number of phenolic OH excluding ortho intramolecular Hbond substituents is 1. The van der Waals surface area contributed by atoms with Crippen LogP contribution in [0, 0.1) is 11.6 Å². The Morgan fingerprint density at radius 3 is 2.35 bits per heavy atom. The zero-order chi connectivity index (χ0) is 18.5. The monoisotopic (exact) mass is 360 g/mol. The molecule has 0 aliphatic carbocycles. The van der Waals surface area contributed by atoms with Gasteiger partial charge in [0.05, 0.1) is 0 Å². The Hall–Kier alpha value is -2.47. The number of rotatable bonds is 4. The fourth-order valence-electron chi connectivity index (χ4n) is 3.21. The number of carbonyl (C=O) groups excluding carboxylic acids is 1. The van der Waals surface area contributed by atoms with Crippen molar-refractivity contribution < 1.29 is 18.7 Å². The van der Waals surface area contributed by atoms with Crippen LogP contribution in [0.25, 0.3) is 0 Å². The van der Waals surface area contributed by atoms with Crippen molar-refractivity contribution in [2.24, 2.45) is 0 Å². The molecule has 3 rings (SSSR count). The lowest BCUT2D eigenvalue weighted by Crippen LogP contribution is -2.36. The first-order valence-electron chi connectivity index (χ1n) is 8.78. The molecule has 0 spiro atoms. The first-order valence-corrected chi connectivity index (χ1v) is 8.78. The van der Waals surface area contributed by atoms with Crippen LogP contribution in [-0.4, -0.2) is 53.5 Å². The van der Waals surface area contributed by atoms with Crippen LogP contribution in [0.5, 0.6) is 5.75 Å². The molecular formula is C20H22F2N2O2. The molecule has 0 atom stereocenters. The maximum absolute atomic E-state index is 13.9. The lowest BCUT2D eigenvalue weighted by Gasteiger charge is -2.22. The van der Waals surface area contributed by atoms with E-state index in [0.717, 1.165) is 43.6 Å². The van der Waals surface area contributed by atoms with Crippen LogP contribution in [-0.2, 0) is 6.42 Å². The minimum Gasteiger partial charge on any atom is -0.508 e. The maximum atomic E-state index is 13.9. The number of amides is 1. The van der Waals surface area contributed by atoms with Gasteiger partial charge in [-0.25, -0.2) is 8.78 Å². The van der Waals surface area contributed by atoms with Crippen molar-refractivity contribution in [3.63, 3.8) is 0 Å². The van der Waals surface area contributed by atoms with E-state index in [1.54, 1.807) is 12.1 Å². The van der Waals surface area contributed by atoms with Crippen LogP contribution < -0.4 is 0 Å². The Morgan fingerprint density at radius 1 is 0.962 bits per heavy atom. The smallest absolute Gasteiger partial charge is 0.259 e. The maximum Gasteiger partial charge on any atom is 0.259 e. The van der Waals surface area contributed by atoms with E-state index in [1.165, 1.54) is 11.0 Å². The number of phenols is 1. The summed E-state index contributed by atoms with van der Waals surface area (Å²) in [5, 5.41) is 9.32. The molecule has 138 valence electrons. The van der Waals surface area contributed by atoms with Crippen molar-refractivity contribution in [3.05, 3.63) is 65.2 Å². The zero-order valence-electron chi connectivity index (χ0n) is 14.5. The number of halogens is 2. The van der Waals surface area contributed by atoms with E-state index in [2.05, 4.69) is 4.90 Å². The highest BCUT2D eigenvalue weighted by atomic mass is 19.1. The van der Waals surface area contributed by atoms with Gasteiger partial charge in [-0.3, -0.25) is 4.79 Å². The van der Waals surface area contributed by atoms with Gasteiger partial charge in [-0.2, -0.15) is 0 Å². The number of aromatic hydroxyl groups is 1. The van der Waals surface area contributed by atoms with Crippen LogP contribution in [0.2, 0.25) is 0 Å². The lowest BCUT2D eigenvalue weighted by atomic mass is 10.1. The van der Waals surface area contributed by atoms with Gasteiger partial charge < -0.3 is 14.9 Å². The molecule has 1 saturated heterocycles. The summed E-state index contributed by atoms with van der Waals surface area (Å²) in [6.07, 6.45) is 1.60. The van der Waals surface area contributed by atoms with E-state index in [1.807, 2.05) is 12.1 Å². The average Bonchev–Trinajstić information content (AvgIpc) is 2.87. The second-order valence-corrected chi connectivity index (χ2v) is 6.50. The molecule has 26 heavy (non-hydrogen) atoms. The molecule has 2 aromatic rings. The SMILES string of the molecule is O=C(c1c(F)cccc1F)N1CCCN(CCc2ccc(O)cc2)CC1. The summed E-state index contributed by atoms with van der Waals surface area (Å²) in [5.74, 6) is -1.97. The molecule has 0 bridgehead atoms. The van der Waals surface area contributed by atoms with Crippen LogP contribution in [0.4, 0.5) is 8.78 Å². The van der Waals surface area contributed by atoms with Gasteiger partial charge in [-0.05, 0) is 49.2 Å². The summed E-state index contributed by atoms with van der Waals surface area (Å²) in [6, 6.07) is 10.6. The molecule has 1 aliphatic heterocycles. The van der Waals surface area contributed by atoms with Gasteiger partial charge in [-0.1, -0.05) is 18.2 Å². The van der Waals surface area contributed by atoms with Crippen molar-refractivity contribution in [1.82, 2.24) is 9.80 Å². The second-order valence-electron chi connectivity index (χ2n) is 6.50. The molecule has 0 unspecified atom stereocenters. The highest BCUT2D eigenvalue weighted by Gasteiger charge is 2.25. The van der Waals surface area contributed by atoms with E-state index < -0.39 is 23.1 Å². The van der Waals surface area contributed by atoms with E-state index in [0.29, 0.717) is 19.6 Å². The van der Waals surface area contributed by atoms with Gasteiger partial charge in [0.25, 0.3) is 5.91 Å². The number of benzene rings is 2. The van der Waals surface area contributed by atoms with E-state index in [9.17, 15) is 18.7 Å². The molecule has 1 amide bonds. The predicted molar refractivity (Wildman–Crippen MR) is 95.1 cm³/mol. The Morgan fingerprint density at radius 2 is 1.65 bits per heavy atom. The standard InChI is InChI=1S/C20H22F2N2O2/c21-17-3-1-4-18(22)19(17)20(26)24-11-2-10-23(13-14-24)12-9-15-5-7-16(25)8-6-15/h1,3-8,25H,2,9-14H2. The molecule has 0 aromatic heterocycles. The normalized spacial score (nSPS) is 15.7. The minimum atomic E-state index is -0.816. The molecular weight excluding hydrogens is 338 g/mol. The van der Waals surface area contributed by atoms with Gasteiger partial charge in [0.1, 0.15) is 22.9 Å². The van der Waals surface area contributed by atoms with Crippen molar-refractivity contribution in [2.45, 2.75) is 12.8 Å². The largest absolute Gasteiger partial charge is 0.508 e. The topological polar surface area (TPSA) is 43.8 Å².